The van der Waals surface area contributed by atoms with E-state index in [2.05, 4.69) is 31.4 Å². The van der Waals surface area contributed by atoms with Crippen LogP contribution in [-0.2, 0) is 13.6 Å². The summed E-state index contributed by atoms with van der Waals surface area (Å²) in [5.41, 5.74) is 6.69. The summed E-state index contributed by atoms with van der Waals surface area (Å²) in [7, 11) is 1.82. The van der Waals surface area contributed by atoms with Crippen LogP contribution in [0.1, 0.15) is 16.2 Å². The first-order chi connectivity index (χ1) is 8.58. The summed E-state index contributed by atoms with van der Waals surface area (Å²) in [4.78, 5) is 12.0. The summed E-state index contributed by atoms with van der Waals surface area (Å²) in [6.07, 6.45) is 1.58. The summed E-state index contributed by atoms with van der Waals surface area (Å²) >= 11 is 3.31. The lowest BCUT2D eigenvalue weighted by Crippen LogP contribution is -2.24. The van der Waals surface area contributed by atoms with Gasteiger partial charge in [-0.1, -0.05) is 0 Å². The van der Waals surface area contributed by atoms with Gasteiger partial charge in [0, 0.05) is 17.2 Å². The van der Waals surface area contributed by atoms with Gasteiger partial charge in [0.2, 0.25) is 0 Å². The molecule has 0 bridgehead atoms. The van der Waals surface area contributed by atoms with Crippen molar-refractivity contribution in [3.8, 4) is 0 Å². The highest BCUT2D eigenvalue weighted by Gasteiger charge is 2.11. The van der Waals surface area contributed by atoms with Gasteiger partial charge in [0.1, 0.15) is 6.33 Å². The monoisotopic (exact) mass is 309 g/mol. The van der Waals surface area contributed by atoms with E-state index in [-0.39, 0.29) is 5.91 Å². The number of aromatic nitrogens is 3. The van der Waals surface area contributed by atoms with Crippen molar-refractivity contribution in [2.45, 2.75) is 6.54 Å². The van der Waals surface area contributed by atoms with Crippen LogP contribution in [0.3, 0.4) is 0 Å². The molecule has 0 saturated heterocycles. The van der Waals surface area contributed by atoms with Crippen molar-refractivity contribution in [3.63, 3.8) is 0 Å². The number of carbonyl (C=O) groups is 1. The molecule has 0 unspecified atom stereocenters. The van der Waals surface area contributed by atoms with E-state index >= 15 is 0 Å². The third-order valence-corrected chi connectivity index (χ3v) is 3.14. The van der Waals surface area contributed by atoms with Gasteiger partial charge in [-0.25, -0.2) is 0 Å². The lowest BCUT2D eigenvalue weighted by atomic mass is 10.2. The van der Waals surface area contributed by atoms with Crippen LogP contribution in [0.5, 0.6) is 0 Å². The number of hydrogen-bond donors (Lipinski definition) is 2. The van der Waals surface area contributed by atoms with E-state index in [0.717, 1.165) is 0 Å². The Balaban J connectivity index is 2.08. The molecule has 0 aliphatic carbocycles. The van der Waals surface area contributed by atoms with Crippen LogP contribution in [0, 0.1) is 0 Å². The van der Waals surface area contributed by atoms with Gasteiger partial charge in [0.15, 0.2) is 5.82 Å². The molecular formula is C11H12BrN5O. The molecule has 7 heteroatoms. The summed E-state index contributed by atoms with van der Waals surface area (Å²) in [6, 6.07) is 5.09. The van der Waals surface area contributed by atoms with Gasteiger partial charge >= 0.3 is 0 Å². The average Bonchev–Trinajstić information content (AvgIpc) is 2.75. The van der Waals surface area contributed by atoms with Gasteiger partial charge in [0.25, 0.3) is 5.91 Å². The largest absolute Gasteiger partial charge is 0.399 e. The molecule has 0 atom stereocenters. The molecule has 94 valence electrons. The first-order valence-corrected chi connectivity index (χ1v) is 6.03. The number of amides is 1. The second-order valence-electron chi connectivity index (χ2n) is 3.78. The number of nitrogens with zero attached hydrogens (tertiary/aromatic N) is 3. The van der Waals surface area contributed by atoms with E-state index in [9.17, 15) is 4.79 Å². The van der Waals surface area contributed by atoms with Crippen LogP contribution >= 0.6 is 15.9 Å². The highest BCUT2D eigenvalue weighted by atomic mass is 79.9. The zero-order valence-corrected chi connectivity index (χ0v) is 11.3. The Bertz CT molecular complexity index is 581. The Hall–Kier alpha value is -1.89. The minimum atomic E-state index is -0.211. The molecule has 1 amide bonds. The molecule has 1 heterocycles. The second-order valence-corrected chi connectivity index (χ2v) is 4.63. The van der Waals surface area contributed by atoms with Crippen molar-refractivity contribution in [1.82, 2.24) is 20.1 Å². The molecule has 18 heavy (non-hydrogen) atoms. The molecule has 0 fully saturated rings. The predicted octanol–water partition coefficient (Wildman–Crippen LogP) is 1.09. The van der Waals surface area contributed by atoms with Crippen molar-refractivity contribution in [2.24, 2.45) is 7.05 Å². The fourth-order valence-electron chi connectivity index (χ4n) is 1.44. The third kappa shape index (κ3) is 2.67. The van der Waals surface area contributed by atoms with Crippen molar-refractivity contribution in [1.29, 1.82) is 0 Å². The Labute approximate surface area is 112 Å². The molecule has 0 radical (unpaired) electrons. The summed E-state index contributed by atoms with van der Waals surface area (Å²) in [6.45, 7) is 0.316. The smallest absolute Gasteiger partial charge is 0.252 e. The second kappa shape index (κ2) is 5.18. The molecule has 3 N–H and O–H groups in total. The third-order valence-electron chi connectivity index (χ3n) is 2.45. The standard InChI is InChI=1S/C11H12BrN5O/c1-17-6-15-16-10(17)5-14-11(18)8-4-7(13)2-3-9(8)12/h2-4,6H,5,13H2,1H3,(H,14,18). The van der Waals surface area contributed by atoms with Crippen LogP contribution in [0.25, 0.3) is 0 Å². The van der Waals surface area contributed by atoms with Gasteiger partial charge in [-0.15, -0.1) is 10.2 Å². The minimum absolute atomic E-state index is 0.211. The van der Waals surface area contributed by atoms with E-state index in [0.29, 0.717) is 28.1 Å². The molecular weight excluding hydrogens is 298 g/mol. The Morgan fingerprint density at radius 3 is 3.00 bits per heavy atom. The van der Waals surface area contributed by atoms with Crippen LogP contribution in [0.15, 0.2) is 29.0 Å². The van der Waals surface area contributed by atoms with Gasteiger partial charge in [-0.05, 0) is 34.1 Å². The van der Waals surface area contributed by atoms with E-state index < -0.39 is 0 Å². The van der Waals surface area contributed by atoms with Crippen molar-refractivity contribution < 1.29 is 4.79 Å². The van der Waals surface area contributed by atoms with Gasteiger partial charge in [-0.3, -0.25) is 4.79 Å². The number of aryl methyl sites for hydroxylation is 1. The van der Waals surface area contributed by atoms with Crippen molar-refractivity contribution >= 4 is 27.5 Å². The molecule has 2 aromatic rings. The van der Waals surface area contributed by atoms with Crippen LogP contribution < -0.4 is 11.1 Å². The van der Waals surface area contributed by atoms with Gasteiger partial charge in [-0.2, -0.15) is 0 Å². The topological polar surface area (TPSA) is 85.8 Å². The van der Waals surface area contributed by atoms with Crippen LogP contribution in [0.2, 0.25) is 0 Å². The lowest BCUT2D eigenvalue weighted by molar-refractivity contribution is 0.0949. The number of carbonyl (C=O) groups excluding carboxylic acids is 1. The Morgan fingerprint density at radius 2 is 2.33 bits per heavy atom. The predicted molar refractivity (Wildman–Crippen MR) is 70.7 cm³/mol. The molecule has 0 saturated carbocycles. The maximum absolute atomic E-state index is 12.0. The maximum Gasteiger partial charge on any atom is 0.252 e. The van der Waals surface area contributed by atoms with E-state index in [1.165, 1.54) is 0 Å². The minimum Gasteiger partial charge on any atom is -0.399 e. The number of nitrogen functional groups attached to an aromatic ring is 1. The van der Waals surface area contributed by atoms with Crippen LogP contribution in [-0.4, -0.2) is 20.7 Å². The zero-order valence-electron chi connectivity index (χ0n) is 9.72. The molecule has 0 aliphatic heterocycles. The number of nitrogens with two attached hydrogens (primary N) is 1. The SMILES string of the molecule is Cn1cnnc1CNC(=O)c1cc(N)ccc1Br. The van der Waals surface area contributed by atoms with Gasteiger partial charge in [0.05, 0.1) is 12.1 Å². The number of rotatable bonds is 3. The highest BCUT2D eigenvalue weighted by Crippen LogP contribution is 2.19. The van der Waals surface area contributed by atoms with E-state index in [1.807, 2.05) is 7.05 Å². The number of anilines is 1. The molecule has 2 rings (SSSR count). The summed E-state index contributed by atoms with van der Waals surface area (Å²) in [5, 5.41) is 10.4. The lowest BCUT2D eigenvalue weighted by Gasteiger charge is -2.07. The summed E-state index contributed by atoms with van der Waals surface area (Å²) < 4.78 is 2.45. The molecule has 0 spiro atoms. The maximum atomic E-state index is 12.0. The summed E-state index contributed by atoms with van der Waals surface area (Å²) in [5.74, 6) is 0.473. The Kier molecular flexibility index (Phi) is 3.61. The van der Waals surface area contributed by atoms with Gasteiger partial charge < -0.3 is 15.6 Å². The van der Waals surface area contributed by atoms with E-state index in [1.54, 1.807) is 29.1 Å². The highest BCUT2D eigenvalue weighted by molar-refractivity contribution is 9.10. The quantitative estimate of drug-likeness (QED) is 0.831. The average molecular weight is 310 g/mol. The fraction of sp³-hybridized carbons (Fsp3) is 0.182. The van der Waals surface area contributed by atoms with E-state index in [4.69, 9.17) is 5.73 Å². The van der Waals surface area contributed by atoms with Crippen molar-refractivity contribution in [3.05, 3.63) is 40.4 Å². The first-order valence-electron chi connectivity index (χ1n) is 5.24. The van der Waals surface area contributed by atoms with Crippen molar-refractivity contribution in [2.75, 3.05) is 5.73 Å². The Morgan fingerprint density at radius 1 is 1.56 bits per heavy atom. The zero-order chi connectivity index (χ0) is 13.1. The molecule has 6 nitrogen and oxygen atoms in total. The fourth-order valence-corrected chi connectivity index (χ4v) is 1.87. The normalized spacial score (nSPS) is 10.3. The molecule has 0 aliphatic rings. The number of halogens is 1. The number of hydrogen-bond acceptors (Lipinski definition) is 4. The number of benzene rings is 1. The molecule has 1 aromatic carbocycles. The molecule has 1 aromatic heterocycles. The first kappa shape index (κ1) is 12.6. The van der Waals surface area contributed by atoms with Crippen LogP contribution in [0.4, 0.5) is 5.69 Å². The number of nitrogens with one attached hydrogen (secondary N) is 1.